The summed E-state index contributed by atoms with van der Waals surface area (Å²) in [6.45, 7) is 2.67. The summed E-state index contributed by atoms with van der Waals surface area (Å²) in [7, 11) is 0. The Hall–Kier alpha value is -3.15. The highest BCUT2D eigenvalue weighted by Crippen LogP contribution is 2.25. The van der Waals surface area contributed by atoms with Crippen LogP contribution in [0, 0.1) is 0 Å². The number of benzene rings is 2. The highest BCUT2D eigenvalue weighted by Gasteiger charge is 2.15. The number of fused-ring (bicyclic) bond motifs is 1. The molecule has 0 aliphatic heterocycles. The number of carboxylic acid groups (broad SMARTS) is 1. The van der Waals surface area contributed by atoms with Crippen LogP contribution in [0.5, 0.6) is 5.75 Å². The molecule has 0 aliphatic rings. The second-order valence-corrected chi connectivity index (χ2v) is 4.70. The van der Waals surface area contributed by atoms with Crippen LogP contribution >= 0.6 is 0 Å². The van der Waals surface area contributed by atoms with Crippen molar-refractivity contribution >= 4 is 28.7 Å². The van der Waals surface area contributed by atoms with Gasteiger partial charge in [0, 0.05) is 11.0 Å². The van der Waals surface area contributed by atoms with Crippen molar-refractivity contribution in [3.05, 3.63) is 54.6 Å². The van der Waals surface area contributed by atoms with Crippen LogP contribution in [0.15, 0.2) is 54.6 Å². The maximum atomic E-state index is 11.8. The van der Waals surface area contributed by atoms with Crippen LogP contribution in [0.1, 0.15) is 6.42 Å². The average Bonchev–Trinajstić information content (AvgIpc) is 2.52. The van der Waals surface area contributed by atoms with Crippen LogP contribution in [-0.2, 0) is 19.1 Å². The van der Waals surface area contributed by atoms with E-state index in [-0.39, 0.29) is 5.57 Å². The molecule has 0 amide bonds. The fourth-order valence-electron chi connectivity index (χ4n) is 1.92. The minimum atomic E-state index is -1.20. The number of hydrogen-bond donors (Lipinski definition) is 1. The lowest BCUT2D eigenvalue weighted by Gasteiger charge is -2.08. The first-order valence-electron chi connectivity index (χ1n) is 6.72. The molecule has 0 fully saturated rings. The fourth-order valence-corrected chi connectivity index (χ4v) is 1.92. The predicted octanol–water partition coefficient (Wildman–Crippen LogP) is 2.32. The molecule has 23 heavy (non-hydrogen) atoms. The topological polar surface area (TPSA) is 89.9 Å². The van der Waals surface area contributed by atoms with Gasteiger partial charge in [-0.05, 0) is 11.5 Å². The highest BCUT2D eigenvalue weighted by molar-refractivity contribution is 5.94. The van der Waals surface area contributed by atoms with Gasteiger partial charge in [0.05, 0.1) is 6.42 Å². The first kappa shape index (κ1) is 16.2. The van der Waals surface area contributed by atoms with Crippen LogP contribution < -0.4 is 4.74 Å². The van der Waals surface area contributed by atoms with Crippen LogP contribution in [-0.4, -0.2) is 29.6 Å². The lowest BCUT2D eigenvalue weighted by Crippen LogP contribution is -2.20. The molecule has 2 aromatic carbocycles. The van der Waals surface area contributed by atoms with Gasteiger partial charge in [-0.2, -0.15) is 0 Å². The first-order valence-corrected chi connectivity index (χ1v) is 6.72. The first-order chi connectivity index (χ1) is 11.0. The maximum absolute atomic E-state index is 11.8. The SMILES string of the molecule is C=C(CC(=O)O)C(=O)OCC(=O)Oc1cccc2ccccc12. The van der Waals surface area contributed by atoms with Gasteiger partial charge in [-0.25, -0.2) is 9.59 Å². The van der Waals surface area contributed by atoms with E-state index in [1.807, 2.05) is 24.3 Å². The third kappa shape index (κ3) is 4.41. The standard InChI is InChI=1S/C17H14O6/c1-11(9-15(18)19)17(21)22-10-16(20)23-14-8-4-6-12-5-2-3-7-13(12)14/h2-8H,1,9-10H2,(H,18,19). The maximum Gasteiger partial charge on any atom is 0.349 e. The molecule has 118 valence electrons. The highest BCUT2D eigenvalue weighted by atomic mass is 16.6. The minimum Gasteiger partial charge on any atom is -0.481 e. The fraction of sp³-hybridized carbons (Fsp3) is 0.118. The minimum absolute atomic E-state index is 0.240. The number of carboxylic acids is 1. The molecule has 1 N–H and O–H groups in total. The summed E-state index contributed by atoms with van der Waals surface area (Å²) in [5.74, 6) is -2.56. The summed E-state index contributed by atoms with van der Waals surface area (Å²) in [6.07, 6.45) is -0.544. The second kappa shape index (κ2) is 7.22. The summed E-state index contributed by atoms with van der Waals surface area (Å²) in [5.41, 5.74) is -0.240. The predicted molar refractivity (Wildman–Crippen MR) is 81.9 cm³/mol. The molecule has 0 radical (unpaired) electrons. The molecule has 0 saturated carbocycles. The van der Waals surface area contributed by atoms with Crippen LogP contribution in [0.25, 0.3) is 10.8 Å². The average molecular weight is 314 g/mol. The molecule has 2 rings (SSSR count). The smallest absolute Gasteiger partial charge is 0.349 e. The second-order valence-electron chi connectivity index (χ2n) is 4.70. The molecule has 0 spiro atoms. The molecule has 0 saturated heterocycles. The molecule has 2 aromatic rings. The molecule has 0 unspecified atom stereocenters. The zero-order valence-corrected chi connectivity index (χ0v) is 12.2. The Bertz CT molecular complexity index is 772. The van der Waals surface area contributed by atoms with E-state index in [0.29, 0.717) is 5.75 Å². The van der Waals surface area contributed by atoms with Gasteiger partial charge in [0.25, 0.3) is 0 Å². The third-order valence-corrected chi connectivity index (χ3v) is 2.95. The quantitative estimate of drug-likeness (QED) is 0.500. The number of carbonyl (C=O) groups is 3. The molecule has 0 aliphatic carbocycles. The van der Waals surface area contributed by atoms with Crippen molar-refractivity contribution in [2.45, 2.75) is 6.42 Å². The van der Waals surface area contributed by atoms with Gasteiger partial charge in [-0.1, -0.05) is 43.0 Å². The van der Waals surface area contributed by atoms with E-state index in [1.165, 1.54) is 0 Å². The lowest BCUT2D eigenvalue weighted by atomic mass is 10.1. The van der Waals surface area contributed by atoms with Crippen molar-refractivity contribution in [2.24, 2.45) is 0 Å². The Kier molecular flexibility index (Phi) is 5.09. The molecule has 6 nitrogen and oxygen atoms in total. The molecule has 6 heteroatoms. The van der Waals surface area contributed by atoms with E-state index >= 15 is 0 Å². The number of carbonyl (C=O) groups excluding carboxylic acids is 2. The number of ether oxygens (including phenoxy) is 2. The van der Waals surface area contributed by atoms with E-state index in [0.717, 1.165) is 10.8 Å². The van der Waals surface area contributed by atoms with E-state index in [2.05, 4.69) is 11.3 Å². The van der Waals surface area contributed by atoms with Gasteiger partial charge < -0.3 is 14.6 Å². The van der Waals surface area contributed by atoms with Gasteiger partial charge in [0.1, 0.15) is 5.75 Å². The number of aliphatic carboxylic acids is 1. The van der Waals surface area contributed by atoms with E-state index in [9.17, 15) is 14.4 Å². The zero-order chi connectivity index (χ0) is 16.8. The van der Waals surface area contributed by atoms with Crippen LogP contribution in [0.3, 0.4) is 0 Å². The van der Waals surface area contributed by atoms with Crippen molar-refractivity contribution in [2.75, 3.05) is 6.61 Å². The van der Waals surface area contributed by atoms with Crippen molar-refractivity contribution in [1.82, 2.24) is 0 Å². The summed E-state index contributed by atoms with van der Waals surface area (Å²) in [6, 6.07) is 12.6. The number of esters is 2. The van der Waals surface area contributed by atoms with Gasteiger partial charge in [-0.15, -0.1) is 0 Å². The van der Waals surface area contributed by atoms with Gasteiger partial charge >= 0.3 is 17.9 Å². The Morgan fingerprint density at radius 2 is 1.74 bits per heavy atom. The Morgan fingerprint density at radius 1 is 1.04 bits per heavy atom. The van der Waals surface area contributed by atoms with Crippen molar-refractivity contribution in [3.63, 3.8) is 0 Å². The molecule has 0 atom stereocenters. The summed E-state index contributed by atoms with van der Waals surface area (Å²) in [4.78, 5) is 33.7. The summed E-state index contributed by atoms with van der Waals surface area (Å²) < 4.78 is 9.85. The number of rotatable bonds is 6. The Balaban J connectivity index is 1.96. The van der Waals surface area contributed by atoms with Crippen LogP contribution in [0.4, 0.5) is 0 Å². The Labute approximate surface area is 131 Å². The van der Waals surface area contributed by atoms with Crippen molar-refractivity contribution in [1.29, 1.82) is 0 Å². The van der Waals surface area contributed by atoms with E-state index < -0.39 is 30.9 Å². The zero-order valence-electron chi connectivity index (χ0n) is 12.2. The number of hydrogen-bond acceptors (Lipinski definition) is 5. The molecule has 0 heterocycles. The monoisotopic (exact) mass is 314 g/mol. The van der Waals surface area contributed by atoms with Crippen molar-refractivity contribution < 1.29 is 29.0 Å². The Morgan fingerprint density at radius 3 is 2.48 bits per heavy atom. The molecular formula is C17H14O6. The summed E-state index contributed by atoms with van der Waals surface area (Å²) in [5, 5.41) is 10.2. The molecular weight excluding hydrogens is 300 g/mol. The lowest BCUT2D eigenvalue weighted by molar-refractivity contribution is -0.151. The normalized spacial score (nSPS) is 10.1. The van der Waals surface area contributed by atoms with E-state index in [1.54, 1.807) is 18.2 Å². The molecule has 0 aromatic heterocycles. The van der Waals surface area contributed by atoms with Crippen molar-refractivity contribution in [3.8, 4) is 5.75 Å². The van der Waals surface area contributed by atoms with Gasteiger partial charge in [-0.3, -0.25) is 4.79 Å². The third-order valence-electron chi connectivity index (χ3n) is 2.95. The summed E-state index contributed by atoms with van der Waals surface area (Å²) >= 11 is 0. The van der Waals surface area contributed by atoms with Gasteiger partial charge in [0.15, 0.2) is 6.61 Å². The largest absolute Gasteiger partial charge is 0.481 e. The van der Waals surface area contributed by atoms with Gasteiger partial charge in [0.2, 0.25) is 0 Å². The molecule has 0 bridgehead atoms. The van der Waals surface area contributed by atoms with Crippen LogP contribution in [0.2, 0.25) is 0 Å². The van der Waals surface area contributed by atoms with E-state index in [4.69, 9.17) is 9.84 Å².